The monoisotopic (exact) mass is 480 g/mol. The van der Waals surface area contributed by atoms with E-state index in [2.05, 4.69) is 15.4 Å². The molecule has 4 rings (SSSR count). The van der Waals surface area contributed by atoms with Crippen LogP contribution in [0.5, 0.6) is 11.5 Å². The van der Waals surface area contributed by atoms with Gasteiger partial charge in [-0.2, -0.15) is 4.98 Å². The lowest BCUT2D eigenvalue weighted by atomic mass is 9.94. The largest absolute Gasteiger partial charge is 0.497 e. The Labute approximate surface area is 204 Å². The molecule has 0 aliphatic carbocycles. The molecule has 3 aromatic rings. The molecular formula is C25H28N4O4S. The summed E-state index contributed by atoms with van der Waals surface area (Å²) in [5.41, 5.74) is 3.65. The fraction of sp³-hybridized carbons (Fsp3) is 0.320. The third kappa shape index (κ3) is 4.90. The third-order valence-electron chi connectivity index (χ3n) is 5.76. The van der Waals surface area contributed by atoms with Crippen molar-refractivity contribution in [3.8, 4) is 22.9 Å². The van der Waals surface area contributed by atoms with E-state index in [1.54, 1.807) is 21.3 Å². The number of nitrogens with zero attached hydrogens (tertiary/aromatic N) is 3. The molecular weight excluding hydrogens is 452 g/mol. The summed E-state index contributed by atoms with van der Waals surface area (Å²) in [6, 6.07) is 15.2. The molecule has 178 valence electrons. The van der Waals surface area contributed by atoms with Crippen molar-refractivity contribution in [2.45, 2.75) is 19.4 Å². The van der Waals surface area contributed by atoms with Gasteiger partial charge >= 0.3 is 0 Å². The number of methoxy groups -OCH3 is 3. The number of hydrogen-bond acceptors (Lipinski definition) is 7. The number of thiocarbonyl (C=S) groups is 1. The van der Waals surface area contributed by atoms with E-state index in [1.807, 2.05) is 55.5 Å². The first-order valence-corrected chi connectivity index (χ1v) is 11.4. The molecule has 0 radical (unpaired) electrons. The molecule has 1 aliphatic heterocycles. The Balaban J connectivity index is 1.76. The zero-order valence-electron chi connectivity index (χ0n) is 19.7. The van der Waals surface area contributed by atoms with Crippen molar-refractivity contribution in [2.75, 3.05) is 34.5 Å². The average molecular weight is 481 g/mol. The quantitative estimate of drug-likeness (QED) is 0.353. The van der Waals surface area contributed by atoms with E-state index in [-0.39, 0.29) is 6.04 Å². The summed E-state index contributed by atoms with van der Waals surface area (Å²) in [4.78, 5) is 6.80. The van der Waals surface area contributed by atoms with Gasteiger partial charge in [0.2, 0.25) is 5.82 Å². The Morgan fingerprint density at radius 2 is 1.82 bits per heavy atom. The maximum absolute atomic E-state index is 5.79. The van der Waals surface area contributed by atoms with Gasteiger partial charge in [0.25, 0.3) is 5.89 Å². The van der Waals surface area contributed by atoms with Crippen molar-refractivity contribution < 1.29 is 18.7 Å². The Kier molecular flexibility index (Phi) is 7.44. The smallest absolute Gasteiger partial charge is 0.258 e. The summed E-state index contributed by atoms with van der Waals surface area (Å²) < 4.78 is 21.7. The second-order valence-corrected chi connectivity index (χ2v) is 8.19. The van der Waals surface area contributed by atoms with Crippen LogP contribution in [0, 0.1) is 0 Å². The third-order valence-corrected chi connectivity index (χ3v) is 6.10. The number of benzene rings is 2. The fourth-order valence-electron chi connectivity index (χ4n) is 3.95. The molecule has 0 spiro atoms. The van der Waals surface area contributed by atoms with Gasteiger partial charge in [-0.1, -0.05) is 29.4 Å². The second kappa shape index (κ2) is 10.7. The molecule has 1 unspecified atom stereocenters. The second-order valence-electron chi connectivity index (χ2n) is 7.81. The predicted octanol–water partition coefficient (Wildman–Crippen LogP) is 4.45. The minimum atomic E-state index is -0.254. The van der Waals surface area contributed by atoms with Crippen LogP contribution in [0.4, 0.5) is 0 Å². The van der Waals surface area contributed by atoms with Gasteiger partial charge in [0.15, 0.2) is 5.11 Å². The maximum Gasteiger partial charge on any atom is 0.258 e. The molecule has 34 heavy (non-hydrogen) atoms. The first-order chi connectivity index (χ1) is 16.5. The van der Waals surface area contributed by atoms with Crippen LogP contribution < -0.4 is 14.8 Å². The van der Waals surface area contributed by atoms with Gasteiger partial charge in [-0.3, -0.25) is 0 Å². The minimum Gasteiger partial charge on any atom is -0.497 e. The van der Waals surface area contributed by atoms with E-state index >= 15 is 0 Å². The van der Waals surface area contributed by atoms with Gasteiger partial charge in [-0.15, -0.1) is 0 Å². The van der Waals surface area contributed by atoms with Crippen molar-refractivity contribution in [1.82, 2.24) is 20.4 Å². The summed E-state index contributed by atoms with van der Waals surface area (Å²) in [5, 5.41) is 8.36. The molecule has 1 aliphatic rings. The highest BCUT2D eigenvalue weighted by molar-refractivity contribution is 7.80. The molecule has 9 heteroatoms. The average Bonchev–Trinajstić information content (AvgIpc) is 3.35. The summed E-state index contributed by atoms with van der Waals surface area (Å²) in [6.45, 7) is 3.38. The minimum absolute atomic E-state index is 0.254. The Hall–Kier alpha value is -3.43. The number of allylic oxidation sites excluding steroid dienone is 1. The van der Waals surface area contributed by atoms with Crippen LogP contribution in [-0.4, -0.2) is 54.6 Å². The highest BCUT2D eigenvalue weighted by atomic mass is 32.1. The van der Waals surface area contributed by atoms with Crippen molar-refractivity contribution >= 4 is 22.9 Å². The molecule has 8 nitrogen and oxygen atoms in total. The Morgan fingerprint density at radius 1 is 1.06 bits per heavy atom. The van der Waals surface area contributed by atoms with E-state index in [4.69, 9.17) is 35.9 Å². The Morgan fingerprint density at radius 3 is 2.53 bits per heavy atom. The first-order valence-electron chi connectivity index (χ1n) is 11.0. The molecule has 0 saturated heterocycles. The zero-order valence-corrected chi connectivity index (χ0v) is 20.5. The number of aromatic nitrogens is 2. The molecule has 2 heterocycles. The fourth-order valence-corrected chi connectivity index (χ4v) is 4.30. The maximum atomic E-state index is 5.79. The SMILES string of the molecule is COCCCN1C(=S)NC(c2ccc(OC)cc2)C(c2nc(-c3cccc(OC)c3)no2)=C1C. The molecule has 0 amide bonds. The van der Waals surface area contributed by atoms with Crippen LogP contribution in [0.1, 0.15) is 30.8 Å². The molecule has 1 aromatic heterocycles. The molecule has 2 aromatic carbocycles. The lowest BCUT2D eigenvalue weighted by Crippen LogP contribution is -2.46. The summed E-state index contributed by atoms with van der Waals surface area (Å²) >= 11 is 5.73. The zero-order chi connectivity index (χ0) is 24.1. The van der Waals surface area contributed by atoms with Crippen LogP contribution in [0.15, 0.2) is 58.8 Å². The van der Waals surface area contributed by atoms with Gasteiger partial charge in [0.05, 0.1) is 25.8 Å². The lowest BCUT2D eigenvalue weighted by Gasteiger charge is -2.37. The number of rotatable bonds is 9. The highest BCUT2D eigenvalue weighted by Crippen LogP contribution is 2.38. The lowest BCUT2D eigenvalue weighted by molar-refractivity contribution is 0.188. The summed E-state index contributed by atoms with van der Waals surface area (Å²) in [7, 11) is 4.97. The Bertz CT molecular complexity index is 1180. The van der Waals surface area contributed by atoms with E-state index in [1.165, 1.54) is 0 Å². The van der Waals surface area contributed by atoms with Gasteiger partial charge in [-0.05, 0) is 55.4 Å². The van der Waals surface area contributed by atoms with Gasteiger partial charge in [0.1, 0.15) is 11.5 Å². The molecule has 0 saturated carbocycles. The van der Waals surface area contributed by atoms with Crippen LogP contribution in [0.2, 0.25) is 0 Å². The van der Waals surface area contributed by atoms with Crippen LogP contribution in [0.25, 0.3) is 17.0 Å². The predicted molar refractivity (Wildman–Crippen MR) is 134 cm³/mol. The summed E-state index contributed by atoms with van der Waals surface area (Å²) in [6.07, 6.45) is 0.828. The molecule has 1 N–H and O–H groups in total. The van der Waals surface area contributed by atoms with E-state index in [0.29, 0.717) is 30.0 Å². The van der Waals surface area contributed by atoms with E-state index in [9.17, 15) is 0 Å². The van der Waals surface area contributed by atoms with Crippen LogP contribution >= 0.6 is 12.2 Å². The van der Waals surface area contributed by atoms with E-state index < -0.39 is 0 Å². The normalized spacial score (nSPS) is 15.9. The number of ether oxygens (including phenoxy) is 3. The summed E-state index contributed by atoms with van der Waals surface area (Å²) in [5.74, 6) is 2.43. The number of nitrogens with one attached hydrogen (secondary N) is 1. The standard InChI is InChI=1S/C25H28N4O4S/c1-16-21(24-27-23(28-33-24)18-7-5-8-20(15-18)32-4)22(17-9-11-19(31-3)12-10-17)26-25(34)29(16)13-6-14-30-2/h5,7-12,15,22H,6,13-14H2,1-4H3,(H,26,34). The van der Waals surface area contributed by atoms with Crippen molar-refractivity contribution in [3.05, 3.63) is 65.7 Å². The highest BCUT2D eigenvalue weighted by Gasteiger charge is 2.34. The van der Waals surface area contributed by atoms with Crippen molar-refractivity contribution in [3.63, 3.8) is 0 Å². The topological polar surface area (TPSA) is 81.9 Å². The number of hydrogen-bond donors (Lipinski definition) is 1. The van der Waals surface area contributed by atoms with Crippen molar-refractivity contribution in [1.29, 1.82) is 0 Å². The van der Waals surface area contributed by atoms with Gasteiger partial charge in [0, 0.05) is 31.5 Å². The molecule has 0 fully saturated rings. The first kappa shape index (κ1) is 23.7. The van der Waals surface area contributed by atoms with Crippen molar-refractivity contribution in [2.24, 2.45) is 0 Å². The molecule has 0 bridgehead atoms. The van der Waals surface area contributed by atoms with Crippen LogP contribution in [0.3, 0.4) is 0 Å². The van der Waals surface area contributed by atoms with E-state index in [0.717, 1.165) is 40.3 Å². The molecule has 1 atom stereocenters. The van der Waals surface area contributed by atoms with Gasteiger partial charge < -0.3 is 29.0 Å². The van der Waals surface area contributed by atoms with Crippen LogP contribution in [-0.2, 0) is 4.74 Å². The van der Waals surface area contributed by atoms with Gasteiger partial charge in [-0.25, -0.2) is 0 Å².